The van der Waals surface area contributed by atoms with Crippen molar-refractivity contribution in [3.63, 3.8) is 0 Å². The van der Waals surface area contributed by atoms with Gasteiger partial charge in [-0.1, -0.05) is 0 Å². The van der Waals surface area contributed by atoms with Crippen LogP contribution in [0.3, 0.4) is 0 Å². The van der Waals surface area contributed by atoms with E-state index in [4.69, 9.17) is 5.73 Å². The molecule has 0 radical (unpaired) electrons. The molecule has 8 heteroatoms. The Morgan fingerprint density at radius 1 is 1.56 bits per heavy atom. The maximum atomic E-state index is 11.8. The fraction of sp³-hybridized carbons (Fsp3) is 0.125. The highest BCUT2D eigenvalue weighted by atomic mass is 32.2. The van der Waals surface area contributed by atoms with Gasteiger partial charge in [0.05, 0.1) is 11.9 Å². The predicted molar refractivity (Wildman–Crippen MR) is 62.7 cm³/mol. The van der Waals surface area contributed by atoms with E-state index in [1.54, 1.807) is 18.6 Å². The quantitative estimate of drug-likeness (QED) is 0.854. The highest BCUT2D eigenvalue weighted by Gasteiger charge is 2.16. The van der Waals surface area contributed by atoms with E-state index in [0.717, 1.165) is 11.3 Å². The van der Waals surface area contributed by atoms with Crippen LogP contribution in [0.15, 0.2) is 28.0 Å². The summed E-state index contributed by atoms with van der Waals surface area (Å²) in [7, 11) is -1.83. The van der Waals surface area contributed by atoms with Crippen molar-refractivity contribution in [2.75, 3.05) is 10.5 Å². The van der Waals surface area contributed by atoms with Gasteiger partial charge in [-0.2, -0.15) is 5.10 Å². The van der Waals surface area contributed by atoms with Crippen molar-refractivity contribution in [2.45, 2.75) is 4.21 Å². The molecule has 2 aromatic heterocycles. The summed E-state index contributed by atoms with van der Waals surface area (Å²) in [5, 5.41) is 5.45. The minimum absolute atomic E-state index is 0.189. The number of nitrogens with two attached hydrogens (primary N) is 1. The van der Waals surface area contributed by atoms with Crippen LogP contribution in [0.4, 0.5) is 11.4 Å². The first-order chi connectivity index (χ1) is 7.47. The lowest BCUT2D eigenvalue weighted by atomic mass is 10.6. The van der Waals surface area contributed by atoms with Crippen molar-refractivity contribution in [2.24, 2.45) is 7.05 Å². The Balaban J connectivity index is 2.27. The van der Waals surface area contributed by atoms with Gasteiger partial charge in [-0.3, -0.25) is 9.40 Å². The number of anilines is 2. The van der Waals surface area contributed by atoms with E-state index in [0.29, 0.717) is 11.4 Å². The molecule has 0 spiro atoms. The second-order valence-electron chi connectivity index (χ2n) is 3.21. The number of hydrogen-bond donors (Lipinski definition) is 2. The summed E-state index contributed by atoms with van der Waals surface area (Å²) in [5.74, 6) is 0. The number of hydrogen-bond acceptors (Lipinski definition) is 5. The van der Waals surface area contributed by atoms with E-state index in [9.17, 15) is 8.42 Å². The fourth-order valence-electron chi connectivity index (χ4n) is 1.15. The van der Waals surface area contributed by atoms with Crippen molar-refractivity contribution < 1.29 is 8.42 Å². The number of sulfonamides is 1. The first-order valence-electron chi connectivity index (χ1n) is 4.33. The lowest BCUT2D eigenvalue weighted by Gasteiger charge is -2.01. The lowest BCUT2D eigenvalue weighted by Crippen LogP contribution is -2.10. The molecule has 0 saturated heterocycles. The maximum Gasteiger partial charge on any atom is 0.271 e. The first kappa shape index (κ1) is 11.0. The topological polar surface area (TPSA) is 90.0 Å². The fourth-order valence-corrected chi connectivity index (χ4v) is 3.26. The van der Waals surface area contributed by atoms with Gasteiger partial charge < -0.3 is 5.73 Å². The van der Waals surface area contributed by atoms with Crippen LogP contribution in [0.5, 0.6) is 0 Å². The Kier molecular flexibility index (Phi) is 2.60. The summed E-state index contributed by atoms with van der Waals surface area (Å²) in [6.07, 6.45) is 3.02. The Morgan fingerprint density at radius 2 is 2.31 bits per heavy atom. The molecule has 0 aliphatic heterocycles. The molecule has 0 aliphatic carbocycles. The molecule has 0 atom stereocenters. The zero-order valence-corrected chi connectivity index (χ0v) is 10.0. The van der Waals surface area contributed by atoms with E-state index in [1.165, 1.54) is 16.9 Å². The molecule has 0 amide bonds. The average Bonchev–Trinajstić information content (AvgIpc) is 2.75. The molecule has 6 nitrogen and oxygen atoms in total. The molecule has 0 bridgehead atoms. The first-order valence-corrected chi connectivity index (χ1v) is 6.69. The third-order valence-corrected chi connectivity index (χ3v) is 4.66. The zero-order chi connectivity index (χ0) is 11.8. The van der Waals surface area contributed by atoms with Crippen molar-refractivity contribution in [1.29, 1.82) is 0 Å². The molecular formula is C8H10N4O2S2. The van der Waals surface area contributed by atoms with Crippen LogP contribution in [-0.4, -0.2) is 18.2 Å². The van der Waals surface area contributed by atoms with Gasteiger partial charge in [-0.05, 0) is 6.07 Å². The number of nitrogens with one attached hydrogen (secondary N) is 1. The van der Waals surface area contributed by atoms with Crippen molar-refractivity contribution in [3.8, 4) is 0 Å². The molecule has 0 saturated carbocycles. The highest BCUT2D eigenvalue weighted by Crippen LogP contribution is 2.23. The maximum absolute atomic E-state index is 11.8. The minimum Gasteiger partial charge on any atom is -0.398 e. The third-order valence-electron chi connectivity index (χ3n) is 1.82. The molecule has 2 rings (SSSR count). The predicted octanol–water partition coefficient (Wildman–Crippen LogP) is 0.865. The second kappa shape index (κ2) is 3.80. The number of thiophene rings is 1. The van der Waals surface area contributed by atoms with E-state index >= 15 is 0 Å². The zero-order valence-electron chi connectivity index (χ0n) is 8.41. The van der Waals surface area contributed by atoms with Crippen LogP contribution in [0.2, 0.25) is 0 Å². The summed E-state index contributed by atoms with van der Waals surface area (Å²) < 4.78 is 27.8. The van der Waals surface area contributed by atoms with Gasteiger partial charge in [0.2, 0.25) is 0 Å². The summed E-state index contributed by atoms with van der Waals surface area (Å²) >= 11 is 1.08. The Bertz CT molecular complexity index is 599. The third kappa shape index (κ3) is 2.17. The molecule has 86 valence electrons. The Labute approximate surface area is 96.8 Å². The van der Waals surface area contributed by atoms with Gasteiger partial charge in [-0.25, -0.2) is 8.42 Å². The van der Waals surface area contributed by atoms with E-state index < -0.39 is 10.0 Å². The standard InChI is InChI=1S/C8H10N4O2S2/c1-12-4-7(3-10-12)11-16(13,14)8-2-6(9)5-15-8/h2-5,11H,9H2,1H3. The number of aromatic nitrogens is 2. The SMILES string of the molecule is Cn1cc(NS(=O)(=O)c2cc(N)cs2)cn1. The van der Waals surface area contributed by atoms with E-state index in [1.807, 2.05) is 0 Å². The van der Waals surface area contributed by atoms with Gasteiger partial charge in [0.1, 0.15) is 4.21 Å². The van der Waals surface area contributed by atoms with Gasteiger partial charge in [0.15, 0.2) is 0 Å². The van der Waals surface area contributed by atoms with E-state index in [-0.39, 0.29) is 4.21 Å². The summed E-state index contributed by atoms with van der Waals surface area (Å²) in [6.45, 7) is 0. The molecule has 16 heavy (non-hydrogen) atoms. The Morgan fingerprint density at radius 3 is 2.81 bits per heavy atom. The summed E-state index contributed by atoms with van der Waals surface area (Å²) in [5.41, 5.74) is 6.34. The van der Waals surface area contributed by atoms with Gasteiger partial charge in [0.25, 0.3) is 10.0 Å². The number of aryl methyl sites for hydroxylation is 1. The molecule has 3 N–H and O–H groups in total. The smallest absolute Gasteiger partial charge is 0.271 e. The van der Waals surface area contributed by atoms with Crippen LogP contribution >= 0.6 is 11.3 Å². The molecule has 0 fully saturated rings. The van der Waals surface area contributed by atoms with Gasteiger partial charge in [0, 0.05) is 24.3 Å². The van der Waals surface area contributed by atoms with Gasteiger partial charge in [-0.15, -0.1) is 11.3 Å². The monoisotopic (exact) mass is 258 g/mol. The minimum atomic E-state index is -3.54. The number of rotatable bonds is 3. The van der Waals surface area contributed by atoms with Crippen LogP contribution in [-0.2, 0) is 17.1 Å². The van der Waals surface area contributed by atoms with Crippen LogP contribution in [0.25, 0.3) is 0 Å². The molecule has 2 heterocycles. The largest absolute Gasteiger partial charge is 0.398 e. The van der Waals surface area contributed by atoms with Crippen LogP contribution in [0.1, 0.15) is 0 Å². The van der Waals surface area contributed by atoms with Crippen molar-refractivity contribution in [1.82, 2.24) is 9.78 Å². The van der Waals surface area contributed by atoms with Gasteiger partial charge >= 0.3 is 0 Å². The molecular weight excluding hydrogens is 248 g/mol. The van der Waals surface area contributed by atoms with E-state index in [2.05, 4.69) is 9.82 Å². The number of nitrogens with zero attached hydrogens (tertiary/aromatic N) is 2. The molecule has 0 aliphatic rings. The summed E-state index contributed by atoms with van der Waals surface area (Å²) in [4.78, 5) is 0. The average molecular weight is 258 g/mol. The molecule has 0 aromatic carbocycles. The highest BCUT2D eigenvalue weighted by molar-refractivity contribution is 7.94. The molecule has 2 aromatic rings. The van der Waals surface area contributed by atoms with Crippen molar-refractivity contribution in [3.05, 3.63) is 23.8 Å². The van der Waals surface area contributed by atoms with Crippen LogP contribution in [0, 0.1) is 0 Å². The van der Waals surface area contributed by atoms with Crippen molar-refractivity contribution >= 4 is 32.7 Å². The summed E-state index contributed by atoms with van der Waals surface area (Å²) in [6, 6.07) is 1.42. The number of nitrogen functional groups attached to an aromatic ring is 1. The molecule has 0 unspecified atom stereocenters. The lowest BCUT2D eigenvalue weighted by molar-refractivity contribution is 0.603. The Hall–Kier alpha value is -1.54. The second-order valence-corrected chi connectivity index (χ2v) is 6.03. The van der Waals surface area contributed by atoms with Crippen LogP contribution < -0.4 is 10.5 Å². The normalized spacial score (nSPS) is 11.6.